The molecular formula is C17H27N3OS. The highest BCUT2D eigenvalue weighted by atomic mass is 32.2. The molecule has 1 aromatic rings. The van der Waals surface area contributed by atoms with Gasteiger partial charge in [-0.1, -0.05) is 26.0 Å². The van der Waals surface area contributed by atoms with E-state index in [-0.39, 0.29) is 5.91 Å². The fourth-order valence-corrected chi connectivity index (χ4v) is 3.59. The smallest absolute Gasteiger partial charge is 0.241 e. The molecule has 0 saturated carbocycles. The molecule has 2 rings (SSSR count). The van der Waals surface area contributed by atoms with Gasteiger partial charge in [0.25, 0.3) is 0 Å². The fraction of sp³-hybridized carbons (Fsp3) is 0.588. The van der Waals surface area contributed by atoms with E-state index < -0.39 is 6.04 Å². The van der Waals surface area contributed by atoms with Crippen LogP contribution in [0.5, 0.6) is 0 Å². The van der Waals surface area contributed by atoms with Crippen molar-refractivity contribution in [3.05, 3.63) is 29.8 Å². The zero-order valence-corrected chi connectivity index (χ0v) is 14.4. The molecule has 22 heavy (non-hydrogen) atoms. The minimum atomic E-state index is -0.442. The minimum Gasteiger partial charge on any atom is -0.325 e. The van der Waals surface area contributed by atoms with Crippen molar-refractivity contribution in [1.82, 2.24) is 4.90 Å². The van der Waals surface area contributed by atoms with Crippen molar-refractivity contribution in [2.24, 2.45) is 11.7 Å². The Hall–Kier alpha value is -1.04. The maximum absolute atomic E-state index is 12.1. The van der Waals surface area contributed by atoms with Gasteiger partial charge in [-0.3, -0.25) is 9.69 Å². The maximum Gasteiger partial charge on any atom is 0.241 e. The van der Waals surface area contributed by atoms with Crippen LogP contribution in [0.15, 0.2) is 24.3 Å². The number of anilines is 1. The van der Waals surface area contributed by atoms with E-state index >= 15 is 0 Å². The largest absolute Gasteiger partial charge is 0.325 e. The molecule has 1 heterocycles. The number of nitrogens with two attached hydrogens (primary N) is 1. The van der Waals surface area contributed by atoms with Crippen molar-refractivity contribution in [2.45, 2.75) is 32.9 Å². The minimum absolute atomic E-state index is 0.0970. The molecule has 0 spiro atoms. The van der Waals surface area contributed by atoms with Crippen LogP contribution in [-0.2, 0) is 11.3 Å². The van der Waals surface area contributed by atoms with Gasteiger partial charge < -0.3 is 11.1 Å². The molecule has 122 valence electrons. The molecule has 4 nitrogen and oxygen atoms in total. The zero-order valence-electron chi connectivity index (χ0n) is 13.5. The third-order valence-corrected chi connectivity index (χ3v) is 4.71. The summed E-state index contributed by atoms with van der Waals surface area (Å²) >= 11 is 2.02. The summed E-state index contributed by atoms with van der Waals surface area (Å²) in [6, 6.07) is 7.66. The van der Waals surface area contributed by atoms with E-state index in [1.54, 1.807) is 0 Å². The molecule has 0 unspecified atom stereocenters. The lowest BCUT2D eigenvalue weighted by molar-refractivity contribution is -0.117. The Bertz CT molecular complexity index is 487. The molecule has 1 aromatic carbocycles. The molecule has 0 aromatic heterocycles. The van der Waals surface area contributed by atoms with Gasteiger partial charge in [-0.15, -0.1) is 0 Å². The van der Waals surface area contributed by atoms with E-state index in [9.17, 15) is 4.79 Å². The van der Waals surface area contributed by atoms with Crippen LogP contribution in [0.2, 0.25) is 0 Å². The predicted octanol–water partition coefficient (Wildman–Crippen LogP) is 2.55. The first-order chi connectivity index (χ1) is 10.5. The standard InChI is InChI=1S/C17H27N3OS/c1-13(2)10-16(18)17(21)19-15-5-3-4-14(11-15)12-20-6-8-22-9-7-20/h3-5,11,13,16H,6-10,12,18H2,1-2H3,(H,19,21)/t16-/m0/s1. The van der Waals surface area contributed by atoms with Crippen LogP contribution in [0.25, 0.3) is 0 Å². The lowest BCUT2D eigenvalue weighted by atomic mass is 10.0. The number of benzene rings is 1. The topological polar surface area (TPSA) is 58.4 Å². The summed E-state index contributed by atoms with van der Waals surface area (Å²) in [7, 11) is 0. The Kier molecular flexibility index (Phi) is 6.73. The number of carbonyl (C=O) groups is 1. The van der Waals surface area contributed by atoms with E-state index in [2.05, 4.69) is 36.2 Å². The van der Waals surface area contributed by atoms with Gasteiger partial charge in [-0.2, -0.15) is 11.8 Å². The van der Waals surface area contributed by atoms with E-state index in [1.807, 2.05) is 23.9 Å². The summed E-state index contributed by atoms with van der Waals surface area (Å²) in [5.74, 6) is 2.74. The van der Waals surface area contributed by atoms with Gasteiger partial charge in [0, 0.05) is 36.8 Å². The summed E-state index contributed by atoms with van der Waals surface area (Å²) in [4.78, 5) is 14.6. The van der Waals surface area contributed by atoms with Crippen LogP contribution in [0.1, 0.15) is 25.8 Å². The van der Waals surface area contributed by atoms with Gasteiger partial charge >= 0.3 is 0 Å². The molecular weight excluding hydrogens is 294 g/mol. The number of amides is 1. The molecule has 1 amide bonds. The molecule has 1 saturated heterocycles. The number of thioether (sulfide) groups is 1. The van der Waals surface area contributed by atoms with Crippen LogP contribution >= 0.6 is 11.8 Å². The van der Waals surface area contributed by atoms with Crippen LogP contribution in [0.4, 0.5) is 5.69 Å². The van der Waals surface area contributed by atoms with E-state index in [4.69, 9.17) is 5.73 Å². The molecule has 1 fully saturated rings. The van der Waals surface area contributed by atoms with E-state index in [0.29, 0.717) is 12.3 Å². The second kappa shape index (κ2) is 8.56. The van der Waals surface area contributed by atoms with Gasteiger partial charge in [0.2, 0.25) is 5.91 Å². The molecule has 5 heteroatoms. The monoisotopic (exact) mass is 321 g/mol. The highest BCUT2D eigenvalue weighted by Gasteiger charge is 2.15. The second-order valence-corrected chi connectivity index (χ2v) is 7.54. The normalized spacial score (nSPS) is 17.5. The van der Waals surface area contributed by atoms with Crippen LogP contribution < -0.4 is 11.1 Å². The summed E-state index contributed by atoms with van der Waals surface area (Å²) in [5.41, 5.74) is 8.01. The second-order valence-electron chi connectivity index (χ2n) is 6.31. The number of hydrogen-bond acceptors (Lipinski definition) is 4. The van der Waals surface area contributed by atoms with Crippen molar-refractivity contribution in [3.8, 4) is 0 Å². The molecule has 0 aliphatic carbocycles. The Morgan fingerprint density at radius 1 is 1.36 bits per heavy atom. The summed E-state index contributed by atoms with van der Waals surface area (Å²) in [6.45, 7) is 7.37. The lowest BCUT2D eigenvalue weighted by Crippen LogP contribution is -2.36. The Labute approximate surface area is 137 Å². The summed E-state index contributed by atoms with van der Waals surface area (Å²) in [5, 5.41) is 2.94. The van der Waals surface area contributed by atoms with Gasteiger partial charge in [0.15, 0.2) is 0 Å². The molecule has 0 radical (unpaired) electrons. The number of carbonyl (C=O) groups excluding carboxylic acids is 1. The van der Waals surface area contributed by atoms with Crippen LogP contribution in [-0.4, -0.2) is 41.4 Å². The first kappa shape index (κ1) is 17.3. The van der Waals surface area contributed by atoms with Gasteiger partial charge in [0.1, 0.15) is 0 Å². The number of nitrogens with one attached hydrogen (secondary N) is 1. The predicted molar refractivity (Wildman–Crippen MR) is 95.1 cm³/mol. The Balaban J connectivity index is 1.91. The van der Waals surface area contributed by atoms with Crippen LogP contribution in [0, 0.1) is 5.92 Å². The van der Waals surface area contributed by atoms with Crippen molar-refractivity contribution < 1.29 is 4.79 Å². The first-order valence-electron chi connectivity index (χ1n) is 8.00. The first-order valence-corrected chi connectivity index (χ1v) is 9.15. The van der Waals surface area contributed by atoms with Crippen molar-refractivity contribution >= 4 is 23.4 Å². The lowest BCUT2D eigenvalue weighted by Gasteiger charge is -2.26. The van der Waals surface area contributed by atoms with Crippen molar-refractivity contribution in [2.75, 3.05) is 29.9 Å². The average Bonchev–Trinajstić information content (AvgIpc) is 2.48. The molecule has 0 bridgehead atoms. The average molecular weight is 321 g/mol. The summed E-state index contributed by atoms with van der Waals surface area (Å²) < 4.78 is 0. The highest BCUT2D eigenvalue weighted by molar-refractivity contribution is 7.99. The van der Waals surface area contributed by atoms with Gasteiger partial charge in [-0.05, 0) is 30.0 Å². The van der Waals surface area contributed by atoms with Crippen molar-refractivity contribution in [1.29, 1.82) is 0 Å². The zero-order chi connectivity index (χ0) is 15.9. The van der Waals surface area contributed by atoms with Crippen LogP contribution in [0.3, 0.4) is 0 Å². The van der Waals surface area contributed by atoms with Gasteiger partial charge in [0.05, 0.1) is 6.04 Å². The number of rotatable bonds is 6. The molecule has 1 atom stereocenters. The third-order valence-electron chi connectivity index (χ3n) is 3.77. The molecule has 1 aliphatic heterocycles. The number of hydrogen-bond donors (Lipinski definition) is 2. The fourth-order valence-electron chi connectivity index (χ4n) is 2.61. The Morgan fingerprint density at radius 2 is 2.09 bits per heavy atom. The third kappa shape index (κ3) is 5.63. The number of nitrogens with zero attached hydrogens (tertiary/aromatic N) is 1. The quantitative estimate of drug-likeness (QED) is 0.845. The summed E-state index contributed by atoms with van der Waals surface area (Å²) in [6.07, 6.45) is 0.705. The molecule has 3 N–H and O–H groups in total. The molecule has 1 aliphatic rings. The van der Waals surface area contributed by atoms with E-state index in [0.717, 1.165) is 25.3 Å². The highest BCUT2D eigenvalue weighted by Crippen LogP contribution is 2.16. The van der Waals surface area contributed by atoms with E-state index in [1.165, 1.54) is 17.1 Å². The van der Waals surface area contributed by atoms with Gasteiger partial charge in [-0.25, -0.2) is 0 Å². The SMILES string of the molecule is CC(C)C[C@H](N)C(=O)Nc1cccc(CN2CCSCC2)c1. The van der Waals surface area contributed by atoms with Crippen molar-refractivity contribution in [3.63, 3.8) is 0 Å². The maximum atomic E-state index is 12.1. The Morgan fingerprint density at radius 3 is 2.77 bits per heavy atom.